The minimum Gasteiger partial charge on any atom is -0.395 e. The molecule has 122 valence electrons. The fraction of sp³-hybridized carbons (Fsp3) is 0.368. The van der Waals surface area contributed by atoms with E-state index in [0.29, 0.717) is 6.54 Å². The number of hydrogen-bond acceptors (Lipinski definition) is 3. The number of halogens is 1. The Morgan fingerprint density at radius 3 is 2.52 bits per heavy atom. The average Bonchev–Trinajstić information content (AvgIpc) is 2.86. The van der Waals surface area contributed by atoms with Crippen LogP contribution in [0.4, 0.5) is 0 Å². The molecule has 0 aliphatic carbocycles. The molecular formula is C19H22BrNO2. The molecule has 0 radical (unpaired) electrons. The van der Waals surface area contributed by atoms with Gasteiger partial charge in [0.1, 0.15) is 0 Å². The molecule has 4 heteroatoms. The fourth-order valence-corrected chi connectivity index (χ4v) is 3.93. The summed E-state index contributed by atoms with van der Waals surface area (Å²) in [4.78, 5) is 2.18. The van der Waals surface area contributed by atoms with Gasteiger partial charge in [-0.1, -0.05) is 58.4 Å². The summed E-state index contributed by atoms with van der Waals surface area (Å²) in [6.45, 7) is 3.51. The summed E-state index contributed by atoms with van der Waals surface area (Å²) >= 11 is 3.58. The van der Waals surface area contributed by atoms with Crippen LogP contribution in [0.2, 0.25) is 0 Å². The summed E-state index contributed by atoms with van der Waals surface area (Å²) in [5.41, 5.74) is 3.53. The SMILES string of the molecule is Cc1ccccc1[C@H]1CN(Cc2ccccc2Br)[C@H](CO)[C@@H]1O. The predicted molar refractivity (Wildman–Crippen MR) is 95.4 cm³/mol. The topological polar surface area (TPSA) is 43.7 Å². The lowest BCUT2D eigenvalue weighted by Crippen LogP contribution is -2.38. The molecule has 1 aliphatic rings. The van der Waals surface area contributed by atoms with E-state index in [1.54, 1.807) is 0 Å². The lowest BCUT2D eigenvalue weighted by molar-refractivity contribution is 0.0640. The monoisotopic (exact) mass is 375 g/mol. The molecule has 0 unspecified atom stereocenters. The maximum atomic E-state index is 10.7. The van der Waals surface area contributed by atoms with Crippen LogP contribution in [0.25, 0.3) is 0 Å². The molecule has 2 N–H and O–H groups in total. The summed E-state index contributed by atoms with van der Waals surface area (Å²) in [6.07, 6.45) is -0.552. The summed E-state index contributed by atoms with van der Waals surface area (Å²) < 4.78 is 1.06. The highest BCUT2D eigenvalue weighted by Gasteiger charge is 2.41. The molecule has 0 bridgehead atoms. The van der Waals surface area contributed by atoms with Crippen LogP contribution in [0.5, 0.6) is 0 Å². The maximum Gasteiger partial charge on any atom is 0.0798 e. The third-order valence-electron chi connectivity index (χ3n) is 4.81. The highest BCUT2D eigenvalue weighted by Crippen LogP contribution is 2.35. The lowest BCUT2D eigenvalue weighted by atomic mass is 9.90. The highest BCUT2D eigenvalue weighted by molar-refractivity contribution is 9.10. The summed E-state index contributed by atoms with van der Waals surface area (Å²) in [6, 6.07) is 16.1. The Morgan fingerprint density at radius 1 is 1.13 bits per heavy atom. The molecule has 23 heavy (non-hydrogen) atoms. The van der Waals surface area contributed by atoms with Crippen LogP contribution < -0.4 is 0 Å². The molecule has 1 fully saturated rings. The van der Waals surface area contributed by atoms with Crippen molar-refractivity contribution in [3.63, 3.8) is 0 Å². The Bertz CT molecular complexity index is 676. The molecule has 0 spiro atoms. The number of aliphatic hydroxyl groups excluding tert-OH is 2. The van der Waals surface area contributed by atoms with Crippen molar-refractivity contribution in [2.24, 2.45) is 0 Å². The van der Waals surface area contributed by atoms with Gasteiger partial charge in [-0.15, -0.1) is 0 Å². The molecule has 2 aromatic rings. The summed E-state index contributed by atoms with van der Waals surface area (Å²) in [5, 5.41) is 20.5. The summed E-state index contributed by atoms with van der Waals surface area (Å²) in [7, 11) is 0. The van der Waals surface area contributed by atoms with Crippen molar-refractivity contribution in [1.82, 2.24) is 4.90 Å². The number of rotatable bonds is 4. The number of nitrogens with zero attached hydrogens (tertiary/aromatic N) is 1. The van der Waals surface area contributed by atoms with E-state index in [0.717, 1.165) is 11.0 Å². The van der Waals surface area contributed by atoms with Crippen molar-refractivity contribution in [2.45, 2.75) is 31.5 Å². The van der Waals surface area contributed by atoms with Crippen molar-refractivity contribution in [3.8, 4) is 0 Å². The van der Waals surface area contributed by atoms with E-state index in [9.17, 15) is 10.2 Å². The van der Waals surface area contributed by atoms with Crippen LogP contribution in [0.1, 0.15) is 22.6 Å². The quantitative estimate of drug-likeness (QED) is 0.862. The van der Waals surface area contributed by atoms with Crippen molar-refractivity contribution in [1.29, 1.82) is 0 Å². The zero-order chi connectivity index (χ0) is 16.4. The van der Waals surface area contributed by atoms with Gasteiger partial charge in [-0.3, -0.25) is 4.90 Å². The Kier molecular flexibility index (Phi) is 5.17. The van der Waals surface area contributed by atoms with Crippen LogP contribution in [-0.4, -0.2) is 40.4 Å². The Morgan fingerprint density at radius 2 is 1.83 bits per heavy atom. The van der Waals surface area contributed by atoms with Crippen LogP contribution >= 0.6 is 15.9 Å². The van der Waals surface area contributed by atoms with Gasteiger partial charge in [0, 0.05) is 23.5 Å². The van der Waals surface area contributed by atoms with Crippen LogP contribution in [0, 0.1) is 6.92 Å². The Hall–Kier alpha value is -1.20. The van der Waals surface area contributed by atoms with Crippen molar-refractivity contribution < 1.29 is 10.2 Å². The first-order valence-corrected chi connectivity index (χ1v) is 8.73. The fourth-order valence-electron chi connectivity index (χ4n) is 3.52. The first kappa shape index (κ1) is 16.7. The highest BCUT2D eigenvalue weighted by atomic mass is 79.9. The van der Waals surface area contributed by atoms with Gasteiger partial charge >= 0.3 is 0 Å². The molecule has 0 aromatic heterocycles. The third-order valence-corrected chi connectivity index (χ3v) is 5.59. The predicted octanol–water partition coefficient (Wildman–Crippen LogP) is 3.08. The molecule has 3 atom stereocenters. The van der Waals surface area contributed by atoms with E-state index in [1.807, 2.05) is 30.3 Å². The normalized spacial score (nSPS) is 25.0. The second kappa shape index (κ2) is 7.14. The van der Waals surface area contributed by atoms with Crippen molar-refractivity contribution >= 4 is 15.9 Å². The minimum atomic E-state index is -0.552. The number of aliphatic hydroxyl groups is 2. The van der Waals surface area contributed by atoms with E-state index in [2.05, 4.69) is 46.0 Å². The Labute approximate surface area is 145 Å². The number of benzene rings is 2. The first-order valence-electron chi connectivity index (χ1n) is 7.93. The van der Waals surface area contributed by atoms with Gasteiger partial charge in [0.05, 0.1) is 18.8 Å². The minimum absolute atomic E-state index is 0.0337. The van der Waals surface area contributed by atoms with Gasteiger partial charge in [0.25, 0.3) is 0 Å². The molecule has 0 saturated carbocycles. The van der Waals surface area contributed by atoms with E-state index < -0.39 is 6.10 Å². The zero-order valence-electron chi connectivity index (χ0n) is 13.2. The van der Waals surface area contributed by atoms with Gasteiger partial charge in [-0.2, -0.15) is 0 Å². The smallest absolute Gasteiger partial charge is 0.0798 e. The number of aryl methyl sites for hydroxylation is 1. The van der Waals surface area contributed by atoms with Crippen LogP contribution in [0.3, 0.4) is 0 Å². The molecule has 1 heterocycles. The van der Waals surface area contributed by atoms with Crippen molar-refractivity contribution in [2.75, 3.05) is 13.2 Å². The molecule has 3 nitrogen and oxygen atoms in total. The van der Waals surface area contributed by atoms with Crippen LogP contribution in [0.15, 0.2) is 53.0 Å². The van der Waals surface area contributed by atoms with Crippen LogP contribution in [-0.2, 0) is 6.54 Å². The van der Waals surface area contributed by atoms with Gasteiger partial charge in [-0.05, 0) is 29.7 Å². The van der Waals surface area contributed by atoms with E-state index in [4.69, 9.17) is 0 Å². The molecule has 0 amide bonds. The standard InChI is InChI=1S/C19H22BrNO2/c1-13-6-2-4-8-15(13)16-11-21(18(12-22)19(16)23)10-14-7-3-5-9-17(14)20/h2-9,16,18-19,22-23H,10-12H2,1H3/t16-,18-,19-/m1/s1. The summed E-state index contributed by atoms with van der Waals surface area (Å²) in [5.74, 6) is 0.0378. The second-order valence-electron chi connectivity index (χ2n) is 6.22. The third kappa shape index (κ3) is 3.36. The van der Waals surface area contributed by atoms with E-state index in [1.165, 1.54) is 16.7 Å². The van der Waals surface area contributed by atoms with Gasteiger partial charge in [-0.25, -0.2) is 0 Å². The Balaban J connectivity index is 1.85. The molecular weight excluding hydrogens is 354 g/mol. The lowest BCUT2D eigenvalue weighted by Gasteiger charge is -2.24. The number of likely N-dealkylation sites (tertiary alicyclic amines) is 1. The van der Waals surface area contributed by atoms with Gasteiger partial charge < -0.3 is 10.2 Å². The molecule has 1 aliphatic heterocycles. The van der Waals surface area contributed by atoms with E-state index >= 15 is 0 Å². The molecule has 3 rings (SSSR count). The van der Waals surface area contributed by atoms with Gasteiger partial charge in [0.2, 0.25) is 0 Å². The zero-order valence-corrected chi connectivity index (χ0v) is 14.8. The largest absolute Gasteiger partial charge is 0.395 e. The molecule has 2 aromatic carbocycles. The van der Waals surface area contributed by atoms with Gasteiger partial charge in [0.15, 0.2) is 0 Å². The van der Waals surface area contributed by atoms with Crippen molar-refractivity contribution in [3.05, 3.63) is 69.7 Å². The van der Waals surface area contributed by atoms with E-state index in [-0.39, 0.29) is 18.6 Å². The maximum absolute atomic E-state index is 10.7. The average molecular weight is 376 g/mol. The molecule has 1 saturated heterocycles. The second-order valence-corrected chi connectivity index (χ2v) is 7.08. The number of hydrogen-bond donors (Lipinski definition) is 2. The first-order chi connectivity index (χ1) is 11.1.